The Morgan fingerprint density at radius 3 is 2.55 bits per heavy atom. The van der Waals surface area contributed by atoms with E-state index in [1.165, 1.54) is 18.2 Å². The summed E-state index contributed by atoms with van der Waals surface area (Å²) >= 11 is 5.64. The molecule has 0 radical (unpaired) electrons. The predicted octanol–water partition coefficient (Wildman–Crippen LogP) is 3.88. The van der Waals surface area contributed by atoms with Crippen molar-refractivity contribution >= 4 is 23.3 Å². The van der Waals surface area contributed by atoms with Gasteiger partial charge in [-0.15, -0.1) is 0 Å². The monoisotopic (exact) mass is 327 g/mol. The zero-order chi connectivity index (χ0) is 16.3. The maximum atomic E-state index is 13.1. The Labute approximate surface area is 128 Å². The van der Waals surface area contributed by atoms with Gasteiger partial charge in [-0.25, -0.2) is 13.6 Å². The second-order valence-electron chi connectivity index (χ2n) is 4.21. The number of para-hydroxylation sites is 1. The highest BCUT2D eigenvalue weighted by molar-refractivity contribution is 6.33. The zero-order valence-corrected chi connectivity index (χ0v) is 11.6. The van der Waals surface area contributed by atoms with E-state index in [2.05, 4.69) is 0 Å². The Kier molecular flexibility index (Phi) is 4.67. The lowest BCUT2D eigenvalue weighted by Gasteiger charge is -2.07. The molecule has 22 heavy (non-hydrogen) atoms. The van der Waals surface area contributed by atoms with Crippen LogP contribution in [-0.2, 0) is 11.3 Å². The van der Waals surface area contributed by atoms with Gasteiger partial charge in [0, 0.05) is 6.07 Å². The number of nitrogens with zero attached hydrogens (tertiary/aromatic N) is 1. The third-order valence-corrected chi connectivity index (χ3v) is 3.09. The maximum Gasteiger partial charge on any atom is 0.340 e. The highest BCUT2D eigenvalue weighted by Gasteiger charge is 2.18. The molecule has 0 aliphatic heterocycles. The lowest BCUT2D eigenvalue weighted by molar-refractivity contribution is -0.385. The second-order valence-corrected chi connectivity index (χ2v) is 4.62. The number of nitro groups is 1. The van der Waals surface area contributed by atoms with Crippen molar-refractivity contribution in [2.75, 3.05) is 0 Å². The Balaban J connectivity index is 2.18. The average Bonchev–Trinajstić information content (AvgIpc) is 2.48. The number of esters is 1. The van der Waals surface area contributed by atoms with Crippen LogP contribution in [0.2, 0.25) is 5.02 Å². The SMILES string of the molecule is O=C(OCc1ccccc1[N+](=O)[O-])c1cc(F)c(F)cc1Cl. The van der Waals surface area contributed by atoms with Crippen LogP contribution < -0.4 is 0 Å². The van der Waals surface area contributed by atoms with Gasteiger partial charge in [0.05, 0.1) is 21.1 Å². The van der Waals surface area contributed by atoms with E-state index >= 15 is 0 Å². The topological polar surface area (TPSA) is 69.4 Å². The van der Waals surface area contributed by atoms with Crippen LogP contribution in [0.1, 0.15) is 15.9 Å². The summed E-state index contributed by atoms with van der Waals surface area (Å²) in [6.07, 6.45) is 0. The molecular formula is C14H8ClF2NO4. The van der Waals surface area contributed by atoms with E-state index in [4.69, 9.17) is 16.3 Å². The van der Waals surface area contributed by atoms with Crippen LogP contribution in [0.5, 0.6) is 0 Å². The van der Waals surface area contributed by atoms with Gasteiger partial charge in [-0.05, 0) is 18.2 Å². The second kappa shape index (κ2) is 6.48. The van der Waals surface area contributed by atoms with Crippen LogP contribution in [0, 0.1) is 21.7 Å². The highest BCUT2D eigenvalue weighted by Crippen LogP contribution is 2.23. The van der Waals surface area contributed by atoms with Gasteiger partial charge in [0.15, 0.2) is 11.6 Å². The molecule has 0 fully saturated rings. The molecule has 0 spiro atoms. The smallest absolute Gasteiger partial charge is 0.340 e. The van der Waals surface area contributed by atoms with Gasteiger partial charge in [-0.2, -0.15) is 0 Å². The van der Waals surface area contributed by atoms with E-state index in [9.17, 15) is 23.7 Å². The summed E-state index contributed by atoms with van der Waals surface area (Å²) in [6.45, 7) is -0.398. The van der Waals surface area contributed by atoms with Crippen molar-refractivity contribution < 1.29 is 23.2 Å². The van der Waals surface area contributed by atoms with Crippen LogP contribution >= 0.6 is 11.6 Å². The fourth-order valence-corrected chi connectivity index (χ4v) is 1.94. The minimum Gasteiger partial charge on any atom is -0.457 e. The first-order chi connectivity index (χ1) is 10.4. The van der Waals surface area contributed by atoms with E-state index < -0.39 is 29.1 Å². The first-order valence-corrected chi connectivity index (χ1v) is 6.32. The summed E-state index contributed by atoms with van der Waals surface area (Å²) in [4.78, 5) is 22.0. The van der Waals surface area contributed by atoms with Gasteiger partial charge >= 0.3 is 5.97 Å². The third-order valence-electron chi connectivity index (χ3n) is 2.78. The number of carbonyl (C=O) groups is 1. The zero-order valence-electron chi connectivity index (χ0n) is 10.9. The first kappa shape index (κ1) is 15.8. The molecule has 0 saturated carbocycles. The van der Waals surface area contributed by atoms with E-state index in [0.717, 1.165) is 0 Å². The number of ether oxygens (including phenoxy) is 1. The molecule has 5 nitrogen and oxygen atoms in total. The fraction of sp³-hybridized carbons (Fsp3) is 0.0714. The van der Waals surface area contributed by atoms with Crippen LogP contribution in [0.3, 0.4) is 0 Å². The minimum absolute atomic E-state index is 0.166. The van der Waals surface area contributed by atoms with Crippen molar-refractivity contribution in [3.05, 3.63) is 74.3 Å². The molecule has 0 atom stereocenters. The van der Waals surface area contributed by atoms with Gasteiger partial charge in [-0.3, -0.25) is 10.1 Å². The number of hydrogen-bond acceptors (Lipinski definition) is 4. The summed E-state index contributed by atoms with van der Waals surface area (Å²) in [6, 6.07) is 6.94. The van der Waals surface area contributed by atoms with Crippen LogP contribution in [0.4, 0.5) is 14.5 Å². The van der Waals surface area contributed by atoms with Crippen LogP contribution in [-0.4, -0.2) is 10.9 Å². The van der Waals surface area contributed by atoms with Gasteiger partial charge in [0.2, 0.25) is 0 Å². The molecule has 0 aliphatic carbocycles. The normalized spacial score (nSPS) is 10.3. The number of benzene rings is 2. The fourth-order valence-electron chi connectivity index (χ4n) is 1.71. The van der Waals surface area contributed by atoms with E-state index in [0.29, 0.717) is 12.1 Å². The average molecular weight is 328 g/mol. The van der Waals surface area contributed by atoms with Crippen molar-refractivity contribution in [2.45, 2.75) is 6.61 Å². The molecule has 0 bridgehead atoms. The molecule has 0 heterocycles. The van der Waals surface area contributed by atoms with Crippen molar-refractivity contribution in [3.8, 4) is 0 Å². The Morgan fingerprint density at radius 2 is 1.86 bits per heavy atom. The quantitative estimate of drug-likeness (QED) is 0.370. The maximum absolute atomic E-state index is 13.1. The van der Waals surface area contributed by atoms with E-state index in [1.54, 1.807) is 6.07 Å². The summed E-state index contributed by atoms with van der Waals surface area (Å²) in [5, 5.41) is 10.5. The molecule has 8 heteroatoms. The Hall–Kier alpha value is -2.54. The molecular weight excluding hydrogens is 320 g/mol. The van der Waals surface area contributed by atoms with Crippen LogP contribution in [0.25, 0.3) is 0 Å². The first-order valence-electron chi connectivity index (χ1n) is 5.94. The van der Waals surface area contributed by atoms with Crippen LogP contribution in [0.15, 0.2) is 36.4 Å². The number of nitro benzene ring substituents is 1. The Morgan fingerprint density at radius 1 is 1.23 bits per heavy atom. The molecule has 0 unspecified atom stereocenters. The highest BCUT2D eigenvalue weighted by atomic mass is 35.5. The molecule has 0 amide bonds. The van der Waals surface area contributed by atoms with Crippen molar-refractivity contribution in [2.24, 2.45) is 0 Å². The van der Waals surface area contributed by atoms with Gasteiger partial charge in [0.1, 0.15) is 6.61 Å². The molecule has 114 valence electrons. The summed E-state index contributed by atoms with van der Waals surface area (Å²) in [5.74, 6) is -3.45. The molecule has 2 aromatic carbocycles. The lowest BCUT2D eigenvalue weighted by atomic mass is 10.2. The molecule has 0 N–H and O–H groups in total. The molecule has 2 rings (SSSR count). The molecule has 0 aromatic heterocycles. The lowest BCUT2D eigenvalue weighted by Crippen LogP contribution is -2.08. The predicted molar refractivity (Wildman–Crippen MR) is 73.6 cm³/mol. The standard InChI is InChI=1S/C14H8ClF2NO4/c15-10-6-12(17)11(16)5-9(10)14(19)22-7-8-3-1-2-4-13(8)18(20)21/h1-6H,7H2. The number of rotatable bonds is 4. The van der Waals surface area contributed by atoms with Gasteiger partial charge in [0.25, 0.3) is 5.69 Å². The molecule has 0 aliphatic rings. The van der Waals surface area contributed by atoms with E-state index in [1.807, 2.05) is 0 Å². The van der Waals surface area contributed by atoms with Crippen molar-refractivity contribution in [1.82, 2.24) is 0 Å². The minimum atomic E-state index is -1.25. The molecule has 0 saturated heterocycles. The number of hydrogen-bond donors (Lipinski definition) is 0. The third kappa shape index (κ3) is 3.37. The van der Waals surface area contributed by atoms with Gasteiger partial charge < -0.3 is 4.74 Å². The largest absolute Gasteiger partial charge is 0.457 e. The van der Waals surface area contributed by atoms with Crippen molar-refractivity contribution in [1.29, 1.82) is 0 Å². The van der Waals surface area contributed by atoms with Gasteiger partial charge in [-0.1, -0.05) is 23.7 Å². The summed E-state index contributed by atoms with van der Waals surface area (Å²) in [5.41, 5.74) is -0.412. The number of carbonyl (C=O) groups excluding carboxylic acids is 1. The van der Waals surface area contributed by atoms with E-state index in [-0.39, 0.29) is 21.8 Å². The number of halogens is 3. The summed E-state index contributed by atoms with van der Waals surface area (Å²) < 4.78 is 30.9. The summed E-state index contributed by atoms with van der Waals surface area (Å²) in [7, 11) is 0. The Bertz CT molecular complexity index is 752. The van der Waals surface area contributed by atoms with Crippen molar-refractivity contribution in [3.63, 3.8) is 0 Å². The molecule has 2 aromatic rings.